The molecule has 0 spiro atoms. The summed E-state index contributed by atoms with van der Waals surface area (Å²) in [5.74, 6) is 0.811. The molecule has 1 aromatic heterocycles. The normalized spacial score (nSPS) is 11.7. The van der Waals surface area contributed by atoms with Gasteiger partial charge in [0.25, 0.3) is 0 Å². The van der Waals surface area contributed by atoms with E-state index in [9.17, 15) is 0 Å². The Morgan fingerprint density at radius 2 is 2.05 bits per heavy atom. The Labute approximate surface area is 118 Å². The summed E-state index contributed by atoms with van der Waals surface area (Å²) < 4.78 is 7.56. The van der Waals surface area contributed by atoms with Crippen molar-refractivity contribution in [3.63, 3.8) is 0 Å². The second-order valence-corrected chi connectivity index (χ2v) is 4.85. The van der Waals surface area contributed by atoms with E-state index in [0.717, 1.165) is 22.7 Å². The van der Waals surface area contributed by atoms with Crippen molar-refractivity contribution in [2.24, 2.45) is 12.2 Å². The molecule has 5 nitrogen and oxygen atoms in total. The molecule has 0 amide bonds. The maximum atomic E-state index is 8.64. The summed E-state index contributed by atoms with van der Waals surface area (Å²) in [7, 11) is 1.91. The molecule has 20 heavy (non-hydrogen) atoms. The predicted molar refractivity (Wildman–Crippen MR) is 77.3 cm³/mol. The topological polar surface area (TPSA) is 59.6 Å². The van der Waals surface area contributed by atoms with Crippen LogP contribution in [0, 0.1) is 6.92 Å². The molecule has 5 heteroatoms. The highest BCUT2D eigenvalue weighted by atomic mass is 16.5. The minimum atomic E-state index is 0.494. The van der Waals surface area contributed by atoms with Gasteiger partial charge in [-0.1, -0.05) is 17.3 Å². The summed E-state index contributed by atoms with van der Waals surface area (Å²) in [4.78, 5) is 0. The Hall–Kier alpha value is -2.30. The fraction of sp³-hybridized carbons (Fsp3) is 0.333. The Balaban J connectivity index is 1.95. The van der Waals surface area contributed by atoms with E-state index in [4.69, 9.17) is 9.94 Å². The number of hydrogen-bond acceptors (Lipinski definition) is 4. The monoisotopic (exact) mass is 273 g/mol. The van der Waals surface area contributed by atoms with Crippen molar-refractivity contribution >= 4 is 5.71 Å². The van der Waals surface area contributed by atoms with Crippen LogP contribution in [0.25, 0.3) is 0 Å². The Kier molecular flexibility index (Phi) is 4.40. The molecular weight excluding hydrogens is 254 g/mol. The smallest absolute Gasteiger partial charge is 0.130 e. The van der Waals surface area contributed by atoms with Crippen molar-refractivity contribution in [2.45, 2.75) is 26.9 Å². The van der Waals surface area contributed by atoms with Crippen LogP contribution >= 0.6 is 0 Å². The molecule has 0 aliphatic carbocycles. The third-order valence-corrected chi connectivity index (χ3v) is 3.04. The first-order valence-corrected chi connectivity index (χ1v) is 6.47. The average molecular weight is 273 g/mol. The molecule has 2 aromatic rings. The fourth-order valence-electron chi connectivity index (χ4n) is 1.99. The Bertz CT molecular complexity index is 600. The van der Waals surface area contributed by atoms with Crippen LogP contribution in [0.5, 0.6) is 5.75 Å². The van der Waals surface area contributed by atoms with Crippen LogP contribution in [-0.4, -0.2) is 20.7 Å². The standard InChI is InChI=1S/C15H19N3O2/c1-11-9-14(18(3)16-11)10-20-15-6-4-13(5-7-15)8-12(2)17-19/h4-7,9,19H,8,10H2,1-3H3/b17-12-. The van der Waals surface area contributed by atoms with E-state index in [1.807, 2.05) is 49.0 Å². The number of aryl methyl sites for hydroxylation is 2. The SMILES string of the molecule is C/C(Cc1ccc(OCc2cc(C)nn2C)cc1)=N/O. The zero-order valence-corrected chi connectivity index (χ0v) is 12.0. The lowest BCUT2D eigenvalue weighted by atomic mass is 10.1. The molecule has 2 rings (SSSR count). The van der Waals surface area contributed by atoms with Crippen molar-refractivity contribution in [3.05, 3.63) is 47.3 Å². The van der Waals surface area contributed by atoms with E-state index < -0.39 is 0 Å². The molecule has 1 aromatic carbocycles. The highest BCUT2D eigenvalue weighted by Gasteiger charge is 2.03. The summed E-state index contributed by atoms with van der Waals surface area (Å²) in [6.07, 6.45) is 0.637. The minimum Gasteiger partial charge on any atom is -0.487 e. The summed E-state index contributed by atoms with van der Waals surface area (Å²) in [6, 6.07) is 9.79. The first kappa shape index (κ1) is 14.1. The molecule has 0 radical (unpaired) electrons. The van der Waals surface area contributed by atoms with Crippen LogP contribution in [0.4, 0.5) is 0 Å². The predicted octanol–water partition coefficient (Wildman–Crippen LogP) is 2.70. The third kappa shape index (κ3) is 3.60. The number of oxime groups is 1. The zero-order valence-electron chi connectivity index (χ0n) is 12.0. The van der Waals surface area contributed by atoms with E-state index in [2.05, 4.69) is 10.3 Å². The molecule has 106 valence electrons. The fourth-order valence-corrected chi connectivity index (χ4v) is 1.99. The van der Waals surface area contributed by atoms with Gasteiger partial charge in [0.2, 0.25) is 0 Å². The van der Waals surface area contributed by atoms with Crippen LogP contribution in [0.2, 0.25) is 0 Å². The molecule has 0 aliphatic rings. The molecule has 1 N–H and O–H groups in total. The van der Waals surface area contributed by atoms with Gasteiger partial charge in [0.1, 0.15) is 12.4 Å². The van der Waals surface area contributed by atoms with Crippen molar-refractivity contribution in [1.29, 1.82) is 0 Å². The second kappa shape index (κ2) is 6.23. The molecule has 0 saturated carbocycles. The van der Waals surface area contributed by atoms with Gasteiger partial charge in [-0.3, -0.25) is 4.68 Å². The number of benzene rings is 1. The molecular formula is C15H19N3O2. The molecule has 1 heterocycles. The van der Waals surface area contributed by atoms with Gasteiger partial charge < -0.3 is 9.94 Å². The van der Waals surface area contributed by atoms with Crippen LogP contribution in [0.3, 0.4) is 0 Å². The quantitative estimate of drug-likeness (QED) is 0.517. The largest absolute Gasteiger partial charge is 0.487 e. The highest BCUT2D eigenvalue weighted by Crippen LogP contribution is 2.15. The lowest BCUT2D eigenvalue weighted by Gasteiger charge is -2.07. The molecule has 0 saturated heterocycles. The van der Waals surface area contributed by atoms with E-state index in [1.54, 1.807) is 6.92 Å². The van der Waals surface area contributed by atoms with E-state index in [0.29, 0.717) is 18.7 Å². The number of aromatic nitrogens is 2. The average Bonchev–Trinajstić information content (AvgIpc) is 2.76. The minimum absolute atomic E-state index is 0.494. The first-order valence-electron chi connectivity index (χ1n) is 6.47. The summed E-state index contributed by atoms with van der Waals surface area (Å²) in [6.45, 7) is 4.24. The van der Waals surface area contributed by atoms with Crippen LogP contribution in [0.1, 0.15) is 23.9 Å². The van der Waals surface area contributed by atoms with E-state index in [-0.39, 0.29) is 0 Å². The van der Waals surface area contributed by atoms with Crippen LogP contribution in [0.15, 0.2) is 35.5 Å². The van der Waals surface area contributed by atoms with Gasteiger partial charge in [0.15, 0.2) is 0 Å². The molecule has 0 bridgehead atoms. The van der Waals surface area contributed by atoms with Gasteiger partial charge in [-0.05, 0) is 37.6 Å². The van der Waals surface area contributed by atoms with Gasteiger partial charge in [0, 0.05) is 13.5 Å². The first-order chi connectivity index (χ1) is 9.58. The number of hydrogen-bond donors (Lipinski definition) is 1. The Morgan fingerprint density at radius 3 is 2.60 bits per heavy atom. The second-order valence-electron chi connectivity index (χ2n) is 4.85. The zero-order chi connectivity index (χ0) is 14.5. The summed E-state index contributed by atoms with van der Waals surface area (Å²) in [5.41, 5.74) is 3.79. The number of nitrogens with zero attached hydrogens (tertiary/aromatic N) is 3. The lowest BCUT2D eigenvalue weighted by molar-refractivity contribution is 0.295. The molecule has 0 aliphatic heterocycles. The van der Waals surface area contributed by atoms with Crippen molar-refractivity contribution in [1.82, 2.24) is 9.78 Å². The van der Waals surface area contributed by atoms with Gasteiger partial charge in [-0.15, -0.1) is 0 Å². The van der Waals surface area contributed by atoms with Crippen molar-refractivity contribution in [3.8, 4) is 5.75 Å². The molecule has 0 fully saturated rings. The van der Waals surface area contributed by atoms with Gasteiger partial charge in [-0.25, -0.2) is 0 Å². The summed E-state index contributed by atoms with van der Waals surface area (Å²) >= 11 is 0. The molecule has 0 atom stereocenters. The van der Waals surface area contributed by atoms with Gasteiger partial charge in [0.05, 0.1) is 17.1 Å². The van der Waals surface area contributed by atoms with E-state index >= 15 is 0 Å². The van der Waals surface area contributed by atoms with Crippen LogP contribution in [-0.2, 0) is 20.1 Å². The van der Waals surface area contributed by atoms with Gasteiger partial charge >= 0.3 is 0 Å². The lowest BCUT2D eigenvalue weighted by Crippen LogP contribution is -2.03. The third-order valence-electron chi connectivity index (χ3n) is 3.04. The number of ether oxygens (including phenoxy) is 1. The Morgan fingerprint density at radius 1 is 1.35 bits per heavy atom. The van der Waals surface area contributed by atoms with Gasteiger partial charge in [-0.2, -0.15) is 5.10 Å². The van der Waals surface area contributed by atoms with Crippen molar-refractivity contribution in [2.75, 3.05) is 0 Å². The summed E-state index contributed by atoms with van der Waals surface area (Å²) in [5, 5.41) is 16.1. The molecule has 0 unspecified atom stereocenters. The van der Waals surface area contributed by atoms with Crippen molar-refractivity contribution < 1.29 is 9.94 Å². The maximum Gasteiger partial charge on any atom is 0.130 e. The van der Waals surface area contributed by atoms with Crippen LogP contribution < -0.4 is 4.74 Å². The highest BCUT2D eigenvalue weighted by molar-refractivity contribution is 5.83. The number of rotatable bonds is 5. The maximum absolute atomic E-state index is 8.64. The van der Waals surface area contributed by atoms with E-state index in [1.165, 1.54) is 0 Å².